The number of hydrogen-bond donors (Lipinski definition) is 2. The largest absolute Gasteiger partial charge is 0.388 e. The first-order chi connectivity index (χ1) is 5.25. The van der Waals surface area contributed by atoms with Crippen molar-refractivity contribution in [1.29, 1.82) is 0 Å². The van der Waals surface area contributed by atoms with Crippen LogP contribution in [0.1, 0.15) is 5.69 Å². The van der Waals surface area contributed by atoms with Crippen LogP contribution in [0.4, 0.5) is 5.82 Å². The van der Waals surface area contributed by atoms with Crippen LogP contribution in [0, 0.1) is 0 Å². The molecule has 0 radical (unpaired) electrons. The number of aromatic nitrogens is 2. The molecule has 0 aromatic carbocycles. The molecule has 0 aliphatic rings. The van der Waals surface area contributed by atoms with E-state index in [1.807, 2.05) is 0 Å². The van der Waals surface area contributed by atoms with Crippen LogP contribution >= 0.6 is 12.2 Å². The first kappa shape index (κ1) is 7.87. The number of nitrogens with two attached hydrogens (primary N) is 1. The third kappa shape index (κ3) is 1.62. The maximum atomic E-state index is 5.38. The molecule has 1 aromatic heterocycles. The molecule has 4 nitrogen and oxygen atoms in total. The monoisotopic (exact) mass is 168 g/mol. The summed E-state index contributed by atoms with van der Waals surface area (Å²) in [6, 6.07) is 0. The zero-order valence-corrected chi connectivity index (χ0v) is 6.85. The lowest BCUT2D eigenvalue weighted by molar-refractivity contribution is 1.17. The van der Waals surface area contributed by atoms with E-state index in [0.29, 0.717) is 11.5 Å². The molecule has 0 bridgehead atoms. The van der Waals surface area contributed by atoms with Gasteiger partial charge >= 0.3 is 0 Å². The standard InChI is InChI=1S/C6H8N4S/c1-8-6-4(5(7)11)9-2-3-10-6/h2-3H,1H3,(H2,7,11)(H,8,10). The first-order valence-corrected chi connectivity index (χ1v) is 3.45. The Morgan fingerprint density at radius 2 is 2.18 bits per heavy atom. The van der Waals surface area contributed by atoms with Crippen LogP contribution in [0.3, 0.4) is 0 Å². The highest BCUT2D eigenvalue weighted by Gasteiger charge is 2.03. The molecule has 0 saturated carbocycles. The van der Waals surface area contributed by atoms with Gasteiger partial charge in [-0.1, -0.05) is 12.2 Å². The van der Waals surface area contributed by atoms with Gasteiger partial charge in [0.1, 0.15) is 10.7 Å². The molecular formula is C6H8N4S. The Kier molecular flexibility index (Phi) is 2.32. The number of nitrogens with zero attached hydrogens (tertiary/aromatic N) is 2. The Morgan fingerprint density at radius 1 is 1.55 bits per heavy atom. The topological polar surface area (TPSA) is 63.8 Å². The van der Waals surface area contributed by atoms with E-state index >= 15 is 0 Å². The maximum Gasteiger partial charge on any atom is 0.154 e. The fourth-order valence-electron chi connectivity index (χ4n) is 0.701. The average molecular weight is 168 g/mol. The number of nitrogens with one attached hydrogen (secondary N) is 1. The van der Waals surface area contributed by atoms with E-state index in [1.54, 1.807) is 19.4 Å². The molecule has 0 unspecified atom stereocenters. The molecule has 0 atom stereocenters. The van der Waals surface area contributed by atoms with Crippen LogP contribution in [-0.2, 0) is 0 Å². The Bertz CT molecular complexity index is 273. The van der Waals surface area contributed by atoms with E-state index in [0.717, 1.165) is 0 Å². The van der Waals surface area contributed by atoms with Crippen molar-refractivity contribution in [3.63, 3.8) is 0 Å². The van der Waals surface area contributed by atoms with Gasteiger partial charge in [0, 0.05) is 19.4 Å². The smallest absolute Gasteiger partial charge is 0.154 e. The summed E-state index contributed by atoms with van der Waals surface area (Å²) in [7, 11) is 1.74. The van der Waals surface area contributed by atoms with Gasteiger partial charge in [-0.25, -0.2) is 9.97 Å². The van der Waals surface area contributed by atoms with E-state index in [-0.39, 0.29) is 4.99 Å². The highest BCUT2D eigenvalue weighted by atomic mass is 32.1. The van der Waals surface area contributed by atoms with E-state index in [4.69, 9.17) is 18.0 Å². The van der Waals surface area contributed by atoms with Gasteiger partial charge in [0.25, 0.3) is 0 Å². The maximum absolute atomic E-state index is 5.38. The highest BCUT2D eigenvalue weighted by Crippen LogP contribution is 2.05. The van der Waals surface area contributed by atoms with Crippen molar-refractivity contribution in [2.75, 3.05) is 12.4 Å². The summed E-state index contributed by atoms with van der Waals surface area (Å²) in [5.41, 5.74) is 5.91. The van der Waals surface area contributed by atoms with Crippen molar-refractivity contribution in [2.24, 2.45) is 5.73 Å². The second-order valence-electron chi connectivity index (χ2n) is 1.87. The van der Waals surface area contributed by atoms with Crippen LogP contribution in [0.15, 0.2) is 12.4 Å². The lowest BCUT2D eigenvalue weighted by Gasteiger charge is -2.02. The van der Waals surface area contributed by atoms with Gasteiger partial charge in [0.15, 0.2) is 5.82 Å². The third-order valence-electron chi connectivity index (χ3n) is 1.17. The highest BCUT2D eigenvalue weighted by molar-refractivity contribution is 7.80. The van der Waals surface area contributed by atoms with Gasteiger partial charge in [-0.15, -0.1) is 0 Å². The Labute approximate surface area is 69.8 Å². The molecule has 0 amide bonds. The average Bonchev–Trinajstić information content (AvgIpc) is 2.04. The van der Waals surface area contributed by atoms with Gasteiger partial charge < -0.3 is 11.1 Å². The Hall–Kier alpha value is -1.23. The van der Waals surface area contributed by atoms with Crippen molar-refractivity contribution in [1.82, 2.24) is 9.97 Å². The predicted molar refractivity (Wildman–Crippen MR) is 47.5 cm³/mol. The Morgan fingerprint density at radius 3 is 2.64 bits per heavy atom. The van der Waals surface area contributed by atoms with Crippen LogP contribution in [-0.4, -0.2) is 22.0 Å². The van der Waals surface area contributed by atoms with Crippen LogP contribution in [0.25, 0.3) is 0 Å². The molecule has 1 heterocycles. The lowest BCUT2D eigenvalue weighted by atomic mass is 10.4. The third-order valence-corrected chi connectivity index (χ3v) is 1.36. The first-order valence-electron chi connectivity index (χ1n) is 3.04. The van der Waals surface area contributed by atoms with E-state index in [2.05, 4.69) is 15.3 Å². The lowest BCUT2D eigenvalue weighted by Crippen LogP contribution is -2.14. The van der Waals surface area contributed by atoms with Crippen molar-refractivity contribution < 1.29 is 0 Å². The molecule has 5 heteroatoms. The minimum atomic E-state index is 0.252. The predicted octanol–water partition coefficient (Wildman–Crippen LogP) is 0.153. The van der Waals surface area contributed by atoms with Gasteiger partial charge in [-0.3, -0.25) is 0 Å². The van der Waals surface area contributed by atoms with Crippen molar-refractivity contribution in [3.05, 3.63) is 18.1 Å². The molecule has 3 N–H and O–H groups in total. The van der Waals surface area contributed by atoms with E-state index < -0.39 is 0 Å². The molecule has 0 spiro atoms. The number of thiocarbonyl (C=S) groups is 1. The molecule has 0 aliphatic heterocycles. The van der Waals surface area contributed by atoms with Crippen LogP contribution in [0.5, 0.6) is 0 Å². The molecule has 0 aliphatic carbocycles. The minimum Gasteiger partial charge on any atom is -0.388 e. The zero-order valence-electron chi connectivity index (χ0n) is 6.03. The van der Waals surface area contributed by atoms with Gasteiger partial charge in [0.05, 0.1) is 0 Å². The summed E-state index contributed by atoms with van der Waals surface area (Å²) < 4.78 is 0. The van der Waals surface area contributed by atoms with Crippen LogP contribution < -0.4 is 11.1 Å². The summed E-state index contributed by atoms with van der Waals surface area (Å²) in [5, 5.41) is 2.84. The molecular weight excluding hydrogens is 160 g/mol. The van der Waals surface area contributed by atoms with Crippen molar-refractivity contribution in [2.45, 2.75) is 0 Å². The van der Waals surface area contributed by atoms with Crippen molar-refractivity contribution in [3.8, 4) is 0 Å². The molecule has 11 heavy (non-hydrogen) atoms. The summed E-state index contributed by atoms with van der Waals surface area (Å²) >= 11 is 4.75. The SMILES string of the molecule is CNc1nccnc1C(N)=S. The molecule has 0 saturated heterocycles. The summed E-state index contributed by atoms with van der Waals surface area (Å²) in [4.78, 5) is 8.19. The minimum absolute atomic E-state index is 0.252. The fourth-order valence-corrected chi connectivity index (χ4v) is 0.851. The number of anilines is 1. The number of rotatable bonds is 2. The van der Waals surface area contributed by atoms with Crippen molar-refractivity contribution >= 4 is 23.0 Å². The van der Waals surface area contributed by atoms with Gasteiger partial charge in [0.2, 0.25) is 0 Å². The normalized spacial score (nSPS) is 9.18. The zero-order chi connectivity index (χ0) is 8.27. The van der Waals surface area contributed by atoms with E-state index in [1.165, 1.54) is 0 Å². The summed E-state index contributed by atoms with van der Waals surface area (Å²) in [6.45, 7) is 0. The second kappa shape index (κ2) is 3.25. The second-order valence-corrected chi connectivity index (χ2v) is 2.31. The molecule has 1 rings (SSSR count). The summed E-state index contributed by atoms with van der Waals surface area (Å²) in [5.74, 6) is 0.611. The van der Waals surface area contributed by atoms with Crippen LogP contribution in [0.2, 0.25) is 0 Å². The molecule has 1 aromatic rings. The molecule has 0 fully saturated rings. The fraction of sp³-hybridized carbons (Fsp3) is 0.167. The van der Waals surface area contributed by atoms with Gasteiger partial charge in [-0.05, 0) is 0 Å². The Balaban J connectivity index is 3.12. The van der Waals surface area contributed by atoms with Gasteiger partial charge in [-0.2, -0.15) is 0 Å². The molecule has 58 valence electrons. The van der Waals surface area contributed by atoms with E-state index in [9.17, 15) is 0 Å². The summed E-state index contributed by atoms with van der Waals surface area (Å²) in [6.07, 6.45) is 3.13. The number of hydrogen-bond acceptors (Lipinski definition) is 4. The quantitative estimate of drug-likeness (QED) is 0.615.